The van der Waals surface area contributed by atoms with Crippen LogP contribution in [0.1, 0.15) is 123 Å². The van der Waals surface area contributed by atoms with Gasteiger partial charge in [-0.3, -0.25) is 4.79 Å². The zero-order valence-electron chi connectivity index (χ0n) is 16.1. The standard InChI is InChI=1S/C21H43NO/c1-3-5-7-9-11-13-15-17-19-21(23)22-20-18-16-14-12-10-8-6-4-2/h3-20H2,1-2H3,(H,22,23). The molecule has 0 bridgehead atoms. The second-order valence-corrected chi connectivity index (χ2v) is 7.05. The highest BCUT2D eigenvalue weighted by Crippen LogP contribution is 2.10. The van der Waals surface area contributed by atoms with Gasteiger partial charge in [-0.15, -0.1) is 0 Å². The number of carbonyl (C=O) groups excluding carboxylic acids is 1. The Morgan fingerprint density at radius 1 is 0.565 bits per heavy atom. The average molecular weight is 326 g/mol. The molecule has 0 unspecified atom stereocenters. The van der Waals surface area contributed by atoms with Crippen LogP contribution in [0, 0.1) is 0 Å². The molecular weight excluding hydrogens is 282 g/mol. The lowest BCUT2D eigenvalue weighted by Gasteiger charge is -2.05. The summed E-state index contributed by atoms with van der Waals surface area (Å²) in [4.78, 5) is 11.7. The molecule has 0 aliphatic carbocycles. The predicted octanol–water partition coefficient (Wildman–Crippen LogP) is 6.77. The third-order valence-corrected chi connectivity index (χ3v) is 4.61. The van der Waals surface area contributed by atoms with Crippen LogP contribution in [-0.4, -0.2) is 12.5 Å². The first-order chi connectivity index (χ1) is 11.3. The van der Waals surface area contributed by atoms with Crippen LogP contribution in [0.15, 0.2) is 0 Å². The molecule has 0 aromatic heterocycles. The average Bonchev–Trinajstić information content (AvgIpc) is 2.56. The van der Waals surface area contributed by atoms with Crippen molar-refractivity contribution in [3.63, 3.8) is 0 Å². The van der Waals surface area contributed by atoms with Crippen LogP contribution in [0.3, 0.4) is 0 Å². The van der Waals surface area contributed by atoms with Crippen molar-refractivity contribution in [2.45, 2.75) is 123 Å². The maximum absolute atomic E-state index is 11.7. The third-order valence-electron chi connectivity index (χ3n) is 4.61. The van der Waals surface area contributed by atoms with E-state index in [1.165, 1.54) is 89.9 Å². The number of hydrogen-bond donors (Lipinski definition) is 1. The number of nitrogens with one attached hydrogen (secondary N) is 1. The fourth-order valence-electron chi connectivity index (χ4n) is 2.99. The Balaban J connectivity index is 3.13. The fourth-order valence-corrected chi connectivity index (χ4v) is 2.99. The third kappa shape index (κ3) is 19.4. The lowest BCUT2D eigenvalue weighted by molar-refractivity contribution is -0.121. The predicted molar refractivity (Wildman–Crippen MR) is 103 cm³/mol. The van der Waals surface area contributed by atoms with E-state index in [2.05, 4.69) is 19.2 Å². The summed E-state index contributed by atoms with van der Waals surface area (Å²) in [5, 5.41) is 3.07. The summed E-state index contributed by atoms with van der Waals surface area (Å²) in [5.41, 5.74) is 0. The lowest BCUT2D eigenvalue weighted by atomic mass is 10.1. The van der Waals surface area contributed by atoms with Gasteiger partial charge >= 0.3 is 0 Å². The highest BCUT2D eigenvalue weighted by molar-refractivity contribution is 5.75. The largest absolute Gasteiger partial charge is 0.356 e. The molecule has 0 heterocycles. The van der Waals surface area contributed by atoms with Crippen LogP contribution >= 0.6 is 0 Å². The van der Waals surface area contributed by atoms with Gasteiger partial charge in [-0.2, -0.15) is 0 Å². The molecule has 0 fully saturated rings. The molecule has 0 radical (unpaired) electrons. The molecule has 0 aliphatic heterocycles. The van der Waals surface area contributed by atoms with Crippen LogP contribution in [0.4, 0.5) is 0 Å². The van der Waals surface area contributed by atoms with E-state index in [-0.39, 0.29) is 5.91 Å². The van der Waals surface area contributed by atoms with E-state index in [0.717, 1.165) is 25.8 Å². The van der Waals surface area contributed by atoms with Crippen molar-refractivity contribution in [1.29, 1.82) is 0 Å². The zero-order valence-corrected chi connectivity index (χ0v) is 16.1. The Bertz CT molecular complexity index is 240. The first-order valence-corrected chi connectivity index (χ1v) is 10.6. The van der Waals surface area contributed by atoms with Crippen molar-refractivity contribution in [3.05, 3.63) is 0 Å². The molecule has 138 valence electrons. The minimum atomic E-state index is 0.263. The van der Waals surface area contributed by atoms with Gasteiger partial charge in [-0.1, -0.05) is 104 Å². The van der Waals surface area contributed by atoms with Crippen molar-refractivity contribution in [2.24, 2.45) is 0 Å². The molecule has 0 saturated heterocycles. The minimum absolute atomic E-state index is 0.263. The summed E-state index contributed by atoms with van der Waals surface area (Å²) in [6, 6.07) is 0. The van der Waals surface area contributed by atoms with Gasteiger partial charge in [-0.25, -0.2) is 0 Å². The van der Waals surface area contributed by atoms with Gasteiger partial charge in [0.1, 0.15) is 0 Å². The van der Waals surface area contributed by atoms with Gasteiger partial charge in [-0.05, 0) is 12.8 Å². The molecule has 0 aromatic rings. The molecular formula is C21H43NO. The summed E-state index contributed by atoms with van der Waals surface area (Å²) in [6.07, 6.45) is 21.7. The molecule has 0 atom stereocenters. The second kappa shape index (κ2) is 19.5. The van der Waals surface area contributed by atoms with E-state index in [0.29, 0.717) is 0 Å². The second-order valence-electron chi connectivity index (χ2n) is 7.05. The number of hydrogen-bond acceptors (Lipinski definition) is 1. The monoisotopic (exact) mass is 325 g/mol. The van der Waals surface area contributed by atoms with Crippen LogP contribution in [-0.2, 0) is 4.79 Å². The molecule has 1 amide bonds. The van der Waals surface area contributed by atoms with E-state index < -0.39 is 0 Å². The zero-order chi connectivity index (χ0) is 17.0. The first-order valence-electron chi connectivity index (χ1n) is 10.6. The van der Waals surface area contributed by atoms with Crippen molar-refractivity contribution in [2.75, 3.05) is 6.54 Å². The molecule has 2 nitrogen and oxygen atoms in total. The topological polar surface area (TPSA) is 29.1 Å². The van der Waals surface area contributed by atoms with Crippen LogP contribution < -0.4 is 5.32 Å². The first kappa shape index (κ1) is 22.5. The van der Waals surface area contributed by atoms with Crippen LogP contribution in [0.5, 0.6) is 0 Å². The number of amides is 1. The van der Waals surface area contributed by atoms with Crippen molar-refractivity contribution >= 4 is 5.91 Å². The summed E-state index contributed by atoms with van der Waals surface area (Å²) < 4.78 is 0. The molecule has 0 spiro atoms. The van der Waals surface area contributed by atoms with E-state index in [9.17, 15) is 4.79 Å². The fraction of sp³-hybridized carbons (Fsp3) is 0.952. The van der Waals surface area contributed by atoms with Gasteiger partial charge in [0.15, 0.2) is 0 Å². The van der Waals surface area contributed by atoms with E-state index in [1.54, 1.807) is 0 Å². The van der Waals surface area contributed by atoms with E-state index in [4.69, 9.17) is 0 Å². The van der Waals surface area contributed by atoms with Crippen LogP contribution in [0.25, 0.3) is 0 Å². The Morgan fingerprint density at radius 2 is 0.957 bits per heavy atom. The Morgan fingerprint density at radius 3 is 1.43 bits per heavy atom. The number of carbonyl (C=O) groups is 1. The summed E-state index contributed by atoms with van der Waals surface area (Å²) in [5.74, 6) is 0.263. The van der Waals surface area contributed by atoms with Crippen molar-refractivity contribution < 1.29 is 4.79 Å². The Labute approximate surface area is 146 Å². The molecule has 2 heteroatoms. The summed E-state index contributed by atoms with van der Waals surface area (Å²) in [7, 11) is 0. The smallest absolute Gasteiger partial charge is 0.219 e. The molecule has 0 rings (SSSR count). The highest BCUT2D eigenvalue weighted by Gasteiger charge is 2.00. The maximum atomic E-state index is 11.7. The lowest BCUT2D eigenvalue weighted by Crippen LogP contribution is -2.23. The maximum Gasteiger partial charge on any atom is 0.219 e. The van der Waals surface area contributed by atoms with E-state index in [1.807, 2.05) is 0 Å². The Kier molecular flexibility index (Phi) is 19.1. The number of unbranched alkanes of at least 4 members (excludes halogenated alkanes) is 14. The van der Waals surface area contributed by atoms with E-state index >= 15 is 0 Å². The minimum Gasteiger partial charge on any atom is -0.356 e. The number of rotatable bonds is 18. The molecule has 0 aromatic carbocycles. The van der Waals surface area contributed by atoms with Gasteiger partial charge in [0, 0.05) is 13.0 Å². The quantitative estimate of drug-likeness (QED) is 0.277. The normalized spacial score (nSPS) is 10.9. The summed E-state index contributed by atoms with van der Waals surface area (Å²) >= 11 is 0. The molecule has 1 N–H and O–H groups in total. The van der Waals surface area contributed by atoms with Crippen molar-refractivity contribution in [1.82, 2.24) is 5.32 Å². The summed E-state index contributed by atoms with van der Waals surface area (Å²) in [6.45, 7) is 5.40. The van der Waals surface area contributed by atoms with Gasteiger partial charge in [0.25, 0.3) is 0 Å². The van der Waals surface area contributed by atoms with Gasteiger partial charge < -0.3 is 5.32 Å². The van der Waals surface area contributed by atoms with Crippen LogP contribution in [0.2, 0.25) is 0 Å². The Hall–Kier alpha value is -0.530. The van der Waals surface area contributed by atoms with Gasteiger partial charge in [0.2, 0.25) is 5.91 Å². The van der Waals surface area contributed by atoms with Gasteiger partial charge in [0.05, 0.1) is 0 Å². The highest BCUT2D eigenvalue weighted by atomic mass is 16.1. The SMILES string of the molecule is CCCCCCCCCCNC(=O)CCCCCCCCCC. The molecule has 0 saturated carbocycles. The van der Waals surface area contributed by atoms with Crippen molar-refractivity contribution in [3.8, 4) is 0 Å². The molecule has 23 heavy (non-hydrogen) atoms. The molecule has 0 aliphatic rings.